The Morgan fingerprint density at radius 3 is 2.45 bits per heavy atom. The van der Waals surface area contributed by atoms with Crippen LogP contribution in [0.2, 0.25) is 0 Å². The van der Waals surface area contributed by atoms with E-state index in [2.05, 4.69) is 36.1 Å². The number of hydrogen-bond donors (Lipinski definition) is 1. The summed E-state index contributed by atoms with van der Waals surface area (Å²) in [6.07, 6.45) is 5.82. The molecule has 0 radical (unpaired) electrons. The van der Waals surface area contributed by atoms with E-state index < -0.39 is 5.97 Å². The summed E-state index contributed by atoms with van der Waals surface area (Å²) in [7, 11) is 0. The molecule has 1 aromatic carbocycles. The van der Waals surface area contributed by atoms with Crippen LogP contribution in [0.1, 0.15) is 50.5 Å². The lowest BCUT2D eigenvalue weighted by Gasteiger charge is -2.33. The van der Waals surface area contributed by atoms with Crippen LogP contribution in [-0.4, -0.2) is 35.1 Å². The standard InChI is InChI=1S/C19H27NO2/c1-14-12-20(13-17(14)15-8-4-2-5-9-15)18(19(21)22)16-10-6-3-7-11-16/h2,4-5,8-9,14,16-18H,3,6-7,10-13H2,1H3,(H,21,22)/t14?,17?,18-/m1/s1. The predicted octanol–water partition coefficient (Wildman–Crippen LogP) is 3.76. The summed E-state index contributed by atoms with van der Waals surface area (Å²) in [5.41, 5.74) is 1.35. The lowest BCUT2D eigenvalue weighted by Crippen LogP contribution is -2.45. The van der Waals surface area contributed by atoms with E-state index in [1.54, 1.807) is 0 Å². The first-order valence-corrected chi connectivity index (χ1v) is 8.68. The molecule has 1 saturated carbocycles. The van der Waals surface area contributed by atoms with Gasteiger partial charge >= 0.3 is 5.97 Å². The van der Waals surface area contributed by atoms with Crippen molar-refractivity contribution in [2.75, 3.05) is 13.1 Å². The third kappa shape index (κ3) is 3.19. The maximum atomic E-state index is 11.9. The van der Waals surface area contributed by atoms with Crippen molar-refractivity contribution in [1.82, 2.24) is 4.90 Å². The zero-order chi connectivity index (χ0) is 15.5. The Morgan fingerprint density at radius 1 is 1.14 bits per heavy atom. The van der Waals surface area contributed by atoms with Crippen LogP contribution >= 0.6 is 0 Å². The summed E-state index contributed by atoms with van der Waals surface area (Å²) in [5.74, 6) is 0.709. The van der Waals surface area contributed by atoms with Gasteiger partial charge in [-0.2, -0.15) is 0 Å². The van der Waals surface area contributed by atoms with Gasteiger partial charge in [-0.15, -0.1) is 0 Å². The predicted molar refractivity (Wildman–Crippen MR) is 87.9 cm³/mol. The topological polar surface area (TPSA) is 40.5 Å². The van der Waals surface area contributed by atoms with E-state index in [0.717, 1.165) is 25.9 Å². The fraction of sp³-hybridized carbons (Fsp3) is 0.632. The SMILES string of the molecule is CC1CN([C@@H](C(=O)O)C2CCCCC2)CC1c1ccccc1. The molecule has 2 unspecified atom stereocenters. The minimum absolute atomic E-state index is 0.281. The van der Waals surface area contributed by atoms with E-state index >= 15 is 0 Å². The molecule has 3 rings (SSSR count). The third-order valence-corrected chi connectivity index (χ3v) is 5.61. The molecule has 0 spiro atoms. The molecule has 120 valence electrons. The van der Waals surface area contributed by atoms with Crippen molar-refractivity contribution >= 4 is 5.97 Å². The van der Waals surface area contributed by atoms with Gasteiger partial charge in [0.1, 0.15) is 6.04 Å². The number of carboxylic acid groups (broad SMARTS) is 1. The van der Waals surface area contributed by atoms with Gasteiger partial charge in [0, 0.05) is 19.0 Å². The number of likely N-dealkylation sites (tertiary alicyclic amines) is 1. The van der Waals surface area contributed by atoms with Gasteiger partial charge in [-0.3, -0.25) is 9.69 Å². The summed E-state index contributed by atoms with van der Waals surface area (Å²) in [5, 5.41) is 9.79. The quantitative estimate of drug-likeness (QED) is 0.920. The molecule has 0 amide bonds. The molecule has 1 aliphatic carbocycles. The molecule has 1 saturated heterocycles. The maximum Gasteiger partial charge on any atom is 0.321 e. The van der Waals surface area contributed by atoms with E-state index in [-0.39, 0.29) is 6.04 Å². The highest BCUT2D eigenvalue weighted by atomic mass is 16.4. The monoisotopic (exact) mass is 301 g/mol. The Kier molecular flexibility index (Phi) is 4.82. The molecule has 3 nitrogen and oxygen atoms in total. The van der Waals surface area contributed by atoms with Crippen LogP contribution in [-0.2, 0) is 4.79 Å². The van der Waals surface area contributed by atoms with Gasteiger partial charge in [-0.1, -0.05) is 56.5 Å². The number of carboxylic acids is 1. The average molecular weight is 301 g/mol. The molecule has 3 atom stereocenters. The van der Waals surface area contributed by atoms with Crippen LogP contribution in [0.4, 0.5) is 0 Å². The van der Waals surface area contributed by atoms with Gasteiger partial charge in [0.15, 0.2) is 0 Å². The normalized spacial score (nSPS) is 28.6. The number of carbonyl (C=O) groups is 1. The van der Waals surface area contributed by atoms with Crippen LogP contribution < -0.4 is 0 Å². The maximum absolute atomic E-state index is 11.9. The van der Waals surface area contributed by atoms with E-state index in [4.69, 9.17) is 0 Å². The van der Waals surface area contributed by atoms with Crippen LogP contribution in [0.25, 0.3) is 0 Å². The molecule has 0 aromatic heterocycles. The average Bonchev–Trinajstić information content (AvgIpc) is 2.90. The van der Waals surface area contributed by atoms with E-state index in [9.17, 15) is 9.90 Å². The summed E-state index contributed by atoms with van der Waals surface area (Å²) in [6, 6.07) is 10.3. The van der Waals surface area contributed by atoms with Crippen molar-refractivity contribution in [1.29, 1.82) is 0 Å². The van der Waals surface area contributed by atoms with Crippen LogP contribution in [0, 0.1) is 11.8 Å². The van der Waals surface area contributed by atoms with Crippen molar-refractivity contribution in [3.05, 3.63) is 35.9 Å². The van der Waals surface area contributed by atoms with Gasteiger partial charge in [0.05, 0.1) is 0 Å². The molecule has 2 aliphatic rings. The summed E-state index contributed by atoms with van der Waals surface area (Å²) >= 11 is 0. The molecule has 0 bridgehead atoms. The van der Waals surface area contributed by atoms with Crippen LogP contribution in [0.15, 0.2) is 30.3 Å². The van der Waals surface area contributed by atoms with Gasteiger partial charge in [-0.05, 0) is 30.2 Å². The fourth-order valence-electron chi connectivity index (χ4n) is 4.47. The second-order valence-electron chi connectivity index (χ2n) is 7.13. The van der Waals surface area contributed by atoms with Crippen LogP contribution in [0.3, 0.4) is 0 Å². The first-order chi connectivity index (χ1) is 10.7. The zero-order valence-corrected chi connectivity index (χ0v) is 13.4. The highest BCUT2D eigenvalue weighted by molar-refractivity contribution is 5.74. The highest BCUT2D eigenvalue weighted by Crippen LogP contribution is 2.37. The minimum atomic E-state index is -0.618. The Balaban J connectivity index is 1.74. The highest BCUT2D eigenvalue weighted by Gasteiger charge is 2.41. The molecule has 22 heavy (non-hydrogen) atoms. The first kappa shape index (κ1) is 15.5. The summed E-state index contributed by atoms with van der Waals surface area (Å²) < 4.78 is 0. The Morgan fingerprint density at radius 2 is 1.82 bits per heavy atom. The van der Waals surface area contributed by atoms with Crippen molar-refractivity contribution in [3.63, 3.8) is 0 Å². The smallest absolute Gasteiger partial charge is 0.321 e. The van der Waals surface area contributed by atoms with Crippen LogP contribution in [0.5, 0.6) is 0 Å². The molecular weight excluding hydrogens is 274 g/mol. The first-order valence-electron chi connectivity index (χ1n) is 8.68. The van der Waals surface area contributed by atoms with Gasteiger partial charge in [0.25, 0.3) is 0 Å². The third-order valence-electron chi connectivity index (χ3n) is 5.61. The Bertz CT molecular complexity index is 495. The lowest BCUT2D eigenvalue weighted by atomic mass is 9.83. The number of hydrogen-bond acceptors (Lipinski definition) is 2. The molecule has 3 heteroatoms. The Labute approximate surface area is 133 Å². The second kappa shape index (κ2) is 6.82. The number of aliphatic carboxylic acids is 1. The summed E-state index contributed by atoms with van der Waals surface area (Å²) in [6.45, 7) is 4.06. The van der Waals surface area contributed by atoms with Gasteiger partial charge in [0.2, 0.25) is 0 Å². The molecule has 1 N–H and O–H groups in total. The zero-order valence-electron chi connectivity index (χ0n) is 13.4. The lowest BCUT2D eigenvalue weighted by molar-refractivity contribution is -0.145. The Hall–Kier alpha value is -1.35. The van der Waals surface area contributed by atoms with E-state index in [1.807, 2.05) is 6.07 Å². The van der Waals surface area contributed by atoms with Crippen molar-refractivity contribution in [3.8, 4) is 0 Å². The van der Waals surface area contributed by atoms with E-state index in [0.29, 0.717) is 17.8 Å². The van der Waals surface area contributed by atoms with E-state index in [1.165, 1.54) is 24.8 Å². The number of benzene rings is 1. The molecule has 1 aromatic rings. The fourth-order valence-corrected chi connectivity index (χ4v) is 4.47. The molecule has 1 aliphatic heterocycles. The van der Waals surface area contributed by atoms with Gasteiger partial charge in [-0.25, -0.2) is 0 Å². The second-order valence-corrected chi connectivity index (χ2v) is 7.13. The molecular formula is C19H27NO2. The molecule has 2 fully saturated rings. The summed E-state index contributed by atoms with van der Waals surface area (Å²) in [4.78, 5) is 14.1. The van der Waals surface area contributed by atoms with Crippen molar-refractivity contribution in [2.24, 2.45) is 11.8 Å². The van der Waals surface area contributed by atoms with Crippen molar-refractivity contribution in [2.45, 2.75) is 51.0 Å². The number of rotatable bonds is 4. The van der Waals surface area contributed by atoms with Crippen molar-refractivity contribution < 1.29 is 9.90 Å². The van der Waals surface area contributed by atoms with Gasteiger partial charge < -0.3 is 5.11 Å². The largest absolute Gasteiger partial charge is 0.480 e. The number of nitrogens with zero attached hydrogens (tertiary/aromatic N) is 1. The minimum Gasteiger partial charge on any atom is -0.480 e. The molecule has 1 heterocycles.